The number of nitrogen functional groups attached to an aromatic ring is 1. The van der Waals surface area contributed by atoms with E-state index in [0.29, 0.717) is 27.8 Å². The second-order valence-corrected chi connectivity index (χ2v) is 4.94. The van der Waals surface area contributed by atoms with E-state index in [4.69, 9.17) is 25.2 Å². The molecule has 0 unspecified atom stereocenters. The smallest absolute Gasteiger partial charge is 0.203 e. The van der Waals surface area contributed by atoms with Crippen LogP contribution in [0.1, 0.15) is 4.88 Å². The van der Waals surface area contributed by atoms with E-state index in [2.05, 4.69) is 6.07 Å². The fourth-order valence-electron chi connectivity index (χ4n) is 1.92. The van der Waals surface area contributed by atoms with Gasteiger partial charge in [-0.3, -0.25) is 0 Å². The minimum atomic E-state index is 0.462. The Kier molecular flexibility index (Phi) is 4.01. The van der Waals surface area contributed by atoms with Gasteiger partial charge in [0.25, 0.3) is 0 Å². The van der Waals surface area contributed by atoms with E-state index in [0.717, 1.165) is 10.4 Å². The Morgan fingerprint density at radius 3 is 2.30 bits per heavy atom. The molecule has 0 aliphatic carbocycles. The molecule has 0 atom stereocenters. The molecule has 0 aliphatic rings. The van der Waals surface area contributed by atoms with Crippen LogP contribution in [0.4, 0.5) is 5.69 Å². The first-order valence-electron chi connectivity index (χ1n) is 5.75. The number of nitrogens with two attached hydrogens (primary N) is 1. The zero-order valence-electron chi connectivity index (χ0n) is 11.4. The van der Waals surface area contributed by atoms with Gasteiger partial charge in [0.1, 0.15) is 10.9 Å². The number of hydrogen-bond acceptors (Lipinski definition) is 6. The molecule has 0 saturated carbocycles. The fourth-order valence-corrected chi connectivity index (χ4v) is 2.82. The van der Waals surface area contributed by atoms with Gasteiger partial charge in [-0.25, -0.2) is 0 Å². The highest BCUT2D eigenvalue weighted by Gasteiger charge is 2.19. The molecule has 2 rings (SSSR count). The molecular formula is C14H14N2O3S. The highest BCUT2D eigenvalue weighted by atomic mass is 32.1. The zero-order valence-corrected chi connectivity index (χ0v) is 12.2. The molecule has 0 spiro atoms. The van der Waals surface area contributed by atoms with E-state index < -0.39 is 0 Å². The van der Waals surface area contributed by atoms with E-state index in [1.807, 2.05) is 6.07 Å². The summed E-state index contributed by atoms with van der Waals surface area (Å²) >= 11 is 1.31. The number of rotatable bonds is 4. The van der Waals surface area contributed by atoms with Gasteiger partial charge in [-0.15, -0.1) is 11.3 Å². The van der Waals surface area contributed by atoms with Gasteiger partial charge in [-0.05, 0) is 18.2 Å². The van der Waals surface area contributed by atoms with Crippen molar-refractivity contribution in [3.8, 4) is 33.8 Å². The summed E-state index contributed by atoms with van der Waals surface area (Å²) in [6.07, 6.45) is 0. The minimum Gasteiger partial charge on any atom is -0.493 e. The van der Waals surface area contributed by atoms with E-state index >= 15 is 0 Å². The largest absolute Gasteiger partial charge is 0.493 e. The maximum atomic E-state index is 8.99. The molecule has 0 aliphatic heterocycles. The molecule has 2 N–H and O–H groups in total. The van der Waals surface area contributed by atoms with Crippen molar-refractivity contribution in [2.75, 3.05) is 27.1 Å². The van der Waals surface area contributed by atoms with Crippen LogP contribution in [-0.2, 0) is 0 Å². The number of ether oxygens (including phenoxy) is 3. The van der Waals surface area contributed by atoms with Crippen LogP contribution in [0.5, 0.6) is 17.2 Å². The highest BCUT2D eigenvalue weighted by Crippen LogP contribution is 2.46. The monoisotopic (exact) mass is 290 g/mol. The van der Waals surface area contributed by atoms with Crippen molar-refractivity contribution in [3.63, 3.8) is 0 Å². The van der Waals surface area contributed by atoms with Crippen molar-refractivity contribution in [2.45, 2.75) is 0 Å². The molecule has 2 aromatic rings. The standard InChI is InChI=1S/C14H14N2O3S/c1-17-10-5-4-8(13(18-2)14(10)19-3)11-6-9(16)12(7-15)20-11/h4-6H,16H2,1-3H3. The Labute approximate surface area is 121 Å². The SMILES string of the molecule is COc1ccc(-c2cc(N)c(C#N)s2)c(OC)c1OC. The summed E-state index contributed by atoms with van der Waals surface area (Å²) in [5.74, 6) is 1.65. The van der Waals surface area contributed by atoms with Crippen molar-refractivity contribution in [1.29, 1.82) is 5.26 Å². The van der Waals surface area contributed by atoms with E-state index in [1.165, 1.54) is 11.3 Å². The minimum absolute atomic E-state index is 0.462. The van der Waals surface area contributed by atoms with Gasteiger partial charge in [0, 0.05) is 10.4 Å². The number of nitrogens with zero attached hydrogens (tertiary/aromatic N) is 1. The van der Waals surface area contributed by atoms with Crippen LogP contribution in [0.15, 0.2) is 18.2 Å². The van der Waals surface area contributed by atoms with Gasteiger partial charge >= 0.3 is 0 Å². The average molecular weight is 290 g/mol. The summed E-state index contributed by atoms with van der Waals surface area (Å²) < 4.78 is 16.0. The Morgan fingerprint density at radius 2 is 1.80 bits per heavy atom. The summed E-state index contributed by atoms with van der Waals surface area (Å²) in [6, 6.07) is 7.47. The van der Waals surface area contributed by atoms with Crippen molar-refractivity contribution in [3.05, 3.63) is 23.1 Å². The number of thiophene rings is 1. The first kappa shape index (κ1) is 14.0. The van der Waals surface area contributed by atoms with Gasteiger partial charge in [0.15, 0.2) is 11.5 Å². The number of methoxy groups -OCH3 is 3. The van der Waals surface area contributed by atoms with E-state index in [-0.39, 0.29) is 0 Å². The van der Waals surface area contributed by atoms with Gasteiger partial charge in [-0.1, -0.05) is 0 Å². The lowest BCUT2D eigenvalue weighted by molar-refractivity contribution is 0.325. The molecule has 0 fully saturated rings. The first-order valence-corrected chi connectivity index (χ1v) is 6.56. The third kappa shape index (κ3) is 2.24. The van der Waals surface area contributed by atoms with Crippen molar-refractivity contribution < 1.29 is 14.2 Å². The van der Waals surface area contributed by atoms with Crippen LogP contribution < -0.4 is 19.9 Å². The van der Waals surface area contributed by atoms with Crippen LogP contribution in [0, 0.1) is 11.3 Å². The first-order chi connectivity index (χ1) is 9.65. The Bertz CT molecular complexity index is 674. The molecule has 0 bridgehead atoms. The highest BCUT2D eigenvalue weighted by molar-refractivity contribution is 7.16. The number of hydrogen-bond donors (Lipinski definition) is 1. The molecule has 104 valence electrons. The zero-order chi connectivity index (χ0) is 14.7. The van der Waals surface area contributed by atoms with E-state index in [1.54, 1.807) is 33.5 Å². The summed E-state index contributed by atoms with van der Waals surface area (Å²) in [5.41, 5.74) is 7.07. The molecule has 0 saturated heterocycles. The molecule has 6 heteroatoms. The van der Waals surface area contributed by atoms with Crippen LogP contribution in [-0.4, -0.2) is 21.3 Å². The Balaban J connectivity index is 2.65. The summed E-state index contributed by atoms with van der Waals surface area (Å²) in [7, 11) is 4.67. The molecule has 0 amide bonds. The molecule has 1 aromatic heterocycles. The third-order valence-corrected chi connectivity index (χ3v) is 3.92. The van der Waals surface area contributed by atoms with Crippen molar-refractivity contribution in [2.24, 2.45) is 0 Å². The van der Waals surface area contributed by atoms with Gasteiger partial charge in [-0.2, -0.15) is 5.26 Å². The van der Waals surface area contributed by atoms with Gasteiger partial charge in [0.2, 0.25) is 5.75 Å². The quantitative estimate of drug-likeness (QED) is 0.936. The topological polar surface area (TPSA) is 77.5 Å². The molecule has 20 heavy (non-hydrogen) atoms. The van der Waals surface area contributed by atoms with Crippen LogP contribution in [0.2, 0.25) is 0 Å². The van der Waals surface area contributed by atoms with Gasteiger partial charge < -0.3 is 19.9 Å². The second kappa shape index (κ2) is 5.72. The second-order valence-electron chi connectivity index (χ2n) is 3.89. The summed E-state index contributed by atoms with van der Waals surface area (Å²) in [4.78, 5) is 1.33. The van der Waals surface area contributed by atoms with Crippen LogP contribution in [0.25, 0.3) is 10.4 Å². The maximum absolute atomic E-state index is 8.99. The molecule has 5 nitrogen and oxygen atoms in total. The molecule has 1 heterocycles. The van der Waals surface area contributed by atoms with Gasteiger partial charge in [0.05, 0.1) is 27.0 Å². The predicted molar refractivity (Wildman–Crippen MR) is 78.5 cm³/mol. The lowest BCUT2D eigenvalue weighted by Crippen LogP contribution is -1.96. The lowest BCUT2D eigenvalue weighted by Gasteiger charge is -2.14. The molecular weight excluding hydrogens is 276 g/mol. The third-order valence-electron chi connectivity index (χ3n) is 2.83. The lowest BCUT2D eigenvalue weighted by atomic mass is 10.1. The van der Waals surface area contributed by atoms with Crippen molar-refractivity contribution >= 4 is 17.0 Å². The number of nitriles is 1. The maximum Gasteiger partial charge on any atom is 0.203 e. The average Bonchev–Trinajstić information content (AvgIpc) is 2.86. The normalized spacial score (nSPS) is 9.90. The summed E-state index contributed by atoms with van der Waals surface area (Å²) in [6.45, 7) is 0. The Hall–Kier alpha value is -2.39. The summed E-state index contributed by atoms with van der Waals surface area (Å²) in [5, 5.41) is 8.99. The van der Waals surface area contributed by atoms with Crippen LogP contribution >= 0.6 is 11.3 Å². The number of anilines is 1. The number of benzene rings is 1. The fraction of sp³-hybridized carbons (Fsp3) is 0.214. The van der Waals surface area contributed by atoms with Crippen molar-refractivity contribution in [1.82, 2.24) is 0 Å². The Morgan fingerprint density at radius 1 is 1.10 bits per heavy atom. The molecule has 1 aromatic carbocycles. The van der Waals surface area contributed by atoms with Crippen LogP contribution in [0.3, 0.4) is 0 Å². The predicted octanol–water partition coefficient (Wildman–Crippen LogP) is 2.89. The van der Waals surface area contributed by atoms with E-state index in [9.17, 15) is 0 Å². The molecule has 0 radical (unpaired) electrons.